The summed E-state index contributed by atoms with van der Waals surface area (Å²) in [6, 6.07) is 11.2. The average Bonchev–Trinajstić information content (AvgIpc) is 3.10. The number of rotatable bonds is 5. The number of pyridine rings is 1. The van der Waals surface area contributed by atoms with Gasteiger partial charge in [0.25, 0.3) is 5.91 Å². The first kappa shape index (κ1) is 16.2. The molecular weight excluding hydrogens is 324 g/mol. The van der Waals surface area contributed by atoms with Gasteiger partial charge in [-0.1, -0.05) is 29.8 Å². The molecule has 1 amide bonds. The van der Waals surface area contributed by atoms with Crippen LogP contribution in [0.15, 0.2) is 61.3 Å². The van der Waals surface area contributed by atoms with E-state index >= 15 is 0 Å². The maximum absolute atomic E-state index is 12.5. The van der Waals surface area contributed by atoms with Crippen LogP contribution in [-0.2, 0) is 13.1 Å². The van der Waals surface area contributed by atoms with E-state index < -0.39 is 0 Å². The summed E-state index contributed by atoms with van der Waals surface area (Å²) in [4.78, 5) is 22.2. The number of benzene rings is 1. The Morgan fingerprint density at radius 3 is 2.54 bits per heavy atom. The number of nitrogens with zero attached hydrogens (tertiary/aromatic N) is 4. The van der Waals surface area contributed by atoms with Crippen molar-refractivity contribution in [1.29, 1.82) is 0 Å². The van der Waals surface area contributed by atoms with Crippen molar-refractivity contribution in [2.24, 2.45) is 0 Å². The van der Waals surface area contributed by atoms with Gasteiger partial charge in [0.15, 0.2) is 0 Å². The van der Waals surface area contributed by atoms with Gasteiger partial charge in [-0.3, -0.25) is 4.79 Å². The van der Waals surface area contributed by atoms with E-state index in [-0.39, 0.29) is 5.91 Å². The molecule has 122 valence electrons. The predicted molar refractivity (Wildman–Crippen MR) is 92.8 cm³/mol. The summed E-state index contributed by atoms with van der Waals surface area (Å²) in [6.45, 7) is 1.22. The lowest BCUT2D eigenvalue weighted by molar-refractivity contribution is 0.0785. The molecule has 0 aliphatic carbocycles. The Balaban J connectivity index is 1.64. The molecule has 0 atom stereocenters. The molecule has 0 N–H and O–H groups in total. The van der Waals surface area contributed by atoms with E-state index in [0.29, 0.717) is 17.3 Å². The number of carbonyl (C=O) groups excluding carboxylic acids is 1. The molecule has 0 saturated carbocycles. The molecule has 2 aromatic heterocycles. The second-order valence-electron chi connectivity index (χ2n) is 5.58. The van der Waals surface area contributed by atoms with Crippen LogP contribution < -0.4 is 0 Å². The molecule has 0 radical (unpaired) electrons. The SMILES string of the molecule is CN(Cc1ccc(Cl)nc1)C(=O)c1ccc(Cn2ccnc2)cc1. The van der Waals surface area contributed by atoms with E-state index in [9.17, 15) is 4.79 Å². The van der Waals surface area contributed by atoms with Crippen LogP contribution in [0.25, 0.3) is 0 Å². The number of carbonyl (C=O) groups is 1. The summed E-state index contributed by atoms with van der Waals surface area (Å²) in [5, 5.41) is 0.446. The lowest BCUT2D eigenvalue weighted by atomic mass is 10.1. The number of hydrogen-bond acceptors (Lipinski definition) is 3. The number of hydrogen-bond donors (Lipinski definition) is 0. The highest BCUT2D eigenvalue weighted by molar-refractivity contribution is 6.29. The number of amides is 1. The predicted octanol–water partition coefficient (Wildman–Crippen LogP) is 3.25. The van der Waals surface area contributed by atoms with Crippen LogP contribution in [0.5, 0.6) is 0 Å². The van der Waals surface area contributed by atoms with Gasteiger partial charge in [0.1, 0.15) is 5.15 Å². The average molecular weight is 341 g/mol. The Bertz CT molecular complexity index is 798. The zero-order valence-corrected chi connectivity index (χ0v) is 14.0. The third-order valence-electron chi connectivity index (χ3n) is 3.68. The number of imidazole rings is 1. The maximum Gasteiger partial charge on any atom is 0.253 e. The van der Waals surface area contributed by atoms with E-state index in [1.54, 1.807) is 36.7 Å². The minimum Gasteiger partial charge on any atom is -0.337 e. The molecule has 0 saturated heterocycles. The molecule has 0 aliphatic heterocycles. The third kappa shape index (κ3) is 4.00. The first-order chi connectivity index (χ1) is 11.6. The molecule has 24 heavy (non-hydrogen) atoms. The Kier molecular flexibility index (Phi) is 4.91. The van der Waals surface area contributed by atoms with Gasteiger partial charge < -0.3 is 9.47 Å². The van der Waals surface area contributed by atoms with Crippen LogP contribution in [0.1, 0.15) is 21.5 Å². The van der Waals surface area contributed by atoms with E-state index in [4.69, 9.17) is 11.6 Å². The van der Waals surface area contributed by atoms with Crippen molar-refractivity contribution >= 4 is 17.5 Å². The Morgan fingerprint density at radius 2 is 1.92 bits per heavy atom. The van der Waals surface area contributed by atoms with E-state index in [1.807, 2.05) is 41.1 Å². The van der Waals surface area contributed by atoms with E-state index in [1.165, 1.54) is 0 Å². The van der Waals surface area contributed by atoms with Crippen molar-refractivity contribution in [1.82, 2.24) is 19.4 Å². The van der Waals surface area contributed by atoms with Crippen molar-refractivity contribution in [3.8, 4) is 0 Å². The van der Waals surface area contributed by atoms with Gasteiger partial charge in [0.05, 0.1) is 6.33 Å². The molecule has 1 aromatic carbocycles. The Hall–Kier alpha value is -2.66. The quantitative estimate of drug-likeness (QED) is 0.670. The monoisotopic (exact) mass is 340 g/mol. The van der Waals surface area contributed by atoms with Crippen molar-refractivity contribution in [3.63, 3.8) is 0 Å². The van der Waals surface area contributed by atoms with Crippen molar-refractivity contribution < 1.29 is 4.79 Å². The van der Waals surface area contributed by atoms with Gasteiger partial charge in [-0.05, 0) is 29.3 Å². The molecule has 0 bridgehead atoms. The molecule has 3 aromatic rings. The first-order valence-electron chi connectivity index (χ1n) is 7.52. The zero-order chi connectivity index (χ0) is 16.9. The fraction of sp³-hybridized carbons (Fsp3) is 0.167. The van der Waals surface area contributed by atoms with Gasteiger partial charge in [-0.15, -0.1) is 0 Å². The van der Waals surface area contributed by atoms with Crippen LogP contribution in [0.3, 0.4) is 0 Å². The molecule has 2 heterocycles. The molecule has 3 rings (SSSR count). The Morgan fingerprint density at radius 1 is 1.17 bits per heavy atom. The van der Waals surface area contributed by atoms with Crippen LogP contribution >= 0.6 is 11.6 Å². The standard InChI is InChI=1S/C18H17ClN4O/c1-22(11-15-4-7-17(19)21-10-15)18(24)16-5-2-14(3-6-16)12-23-9-8-20-13-23/h2-10,13H,11-12H2,1H3. The van der Waals surface area contributed by atoms with Crippen LogP contribution in [0.2, 0.25) is 5.15 Å². The van der Waals surface area contributed by atoms with Gasteiger partial charge >= 0.3 is 0 Å². The van der Waals surface area contributed by atoms with Crippen LogP contribution in [-0.4, -0.2) is 32.4 Å². The first-order valence-corrected chi connectivity index (χ1v) is 7.90. The van der Waals surface area contributed by atoms with Crippen molar-refractivity contribution in [2.45, 2.75) is 13.1 Å². The summed E-state index contributed by atoms with van der Waals surface area (Å²) in [6.07, 6.45) is 7.11. The smallest absolute Gasteiger partial charge is 0.253 e. The summed E-state index contributed by atoms with van der Waals surface area (Å²) in [7, 11) is 1.77. The molecule has 0 spiro atoms. The summed E-state index contributed by atoms with van der Waals surface area (Å²) in [5.74, 6) is -0.0286. The minimum atomic E-state index is -0.0286. The van der Waals surface area contributed by atoms with Gasteiger partial charge in [0, 0.05) is 44.3 Å². The number of aromatic nitrogens is 3. The largest absolute Gasteiger partial charge is 0.337 e. The van der Waals surface area contributed by atoms with Gasteiger partial charge in [0.2, 0.25) is 0 Å². The zero-order valence-electron chi connectivity index (χ0n) is 13.3. The highest BCUT2D eigenvalue weighted by Crippen LogP contribution is 2.12. The van der Waals surface area contributed by atoms with Crippen molar-refractivity contribution in [3.05, 3.63) is 83.2 Å². The molecule has 5 nitrogen and oxygen atoms in total. The summed E-state index contributed by atoms with van der Waals surface area (Å²) >= 11 is 5.77. The fourth-order valence-electron chi connectivity index (χ4n) is 2.41. The topological polar surface area (TPSA) is 51.0 Å². The Labute approximate surface area is 145 Å². The normalized spacial score (nSPS) is 10.6. The number of halogens is 1. The molecule has 0 aliphatic rings. The molecule has 0 fully saturated rings. The second-order valence-corrected chi connectivity index (χ2v) is 5.97. The summed E-state index contributed by atoms with van der Waals surface area (Å²) in [5.41, 5.74) is 2.72. The highest BCUT2D eigenvalue weighted by atomic mass is 35.5. The van der Waals surface area contributed by atoms with E-state index in [0.717, 1.165) is 17.7 Å². The fourth-order valence-corrected chi connectivity index (χ4v) is 2.52. The molecule has 6 heteroatoms. The van der Waals surface area contributed by atoms with Gasteiger partial charge in [-0.25, -0.2) is 9.97 Å². The second kappa shape index (κ2) is 7.27. The molecular formula is C18H17ClN4O. The summed E-state index contributed by atoms with van der Waals surface area (Å²) < 4.78 is 1.98. The third-order valence-corrected chi connectivity index (χ3v) is 3.90. The maximum atomic E-state index is 12.5. The van der Waals surface area contributed by atoms with Crippen LogP contribution in [0, 0.1) is 0 Å². The van der Waals surface area contributed by atoms with E-state index in [2.05, 4.69) is 9.97 Å². The van der Waals surface area contributed by atoms with Crippen LogP contribution in [0.4, 0.5) is 0 Å². The van der Waals surface area contributed by atoms with Crippen molar-refractivity contribution in [2.75, 3.05) is 7.05 Å². The van der Waals surface area contributed by atoms with Gasteiger partial charge in [-0.2, -0.15) is 0 Å². The molecule has 0 unspecified atom stereocenters. The lowest BCUT2D eigenvalue weighted by Gasteiger charge is -2.17. The minimum absolute atomic E-state index is 0.0286. The lowest BCUT2D eigenvalue weighted by Crippen LogP contribution is -2.26. The highest BCUT2D eigenvalue weighted by Gasteiger charge is 2.12.